The van der Waals surface area contributed by atoms with Gasteiger partial charge < -0.3 is 10.5 Å². The molecule has 2 aromatic carbocycles. The Kier molecular flexibility index (Phi) is 12.6. The third-order valence-electron chi connectivity index (χ3n) is 6.21. The third kappa shape index (κ3) is 9.43. The molecular formula is C29H35BrFIN4O2. The highest BCUT2D eigenvalue weighted by Crippen LogP contribution is 2.25. The van der Waals surface area contributed by atoms with Gasteiger partial charge in [-0.15, -0.1) is 0 Å². The van der Waals surface area contributed by atoms with Crippen LogP contribution in [0.2, 0.25) is 0 Å². The van der Waals surface area contributed by atoms with Gasteiger partial charge in [0.1, 0.15) is 11.6 Å². The van der Waals surface area contributed by atoms with Crippen molar-refractivity contribution in [1.82, 2.24) is 10.2 Å². The summed E-state index contributed by atoms with van der Waals surface area (Å²) in [6.07, 6.45) is 7.17. The number of benzene rings is 2. The molecule has 204 valence electrons. The fraction of sp³-hybridized carbons (Fsp3) is 0.345. The number of allylic oxidation sites excluding steroid dienone is 1. The van der Waals surface area contributed by atoms with Gasteiger partial charge in [-0.05, 0) is 88.3 Å². The van der Waals surface area contributed by atoms with E-state index >= 15 is 0 Å². The van der Waals surface area contributed by atoms with Crippen molar-refractivity contribution in [3.63, 3.8) is 0 Å². The van der Waals surface area contributed by atoms with E-state index in [-0.39, 0.29) is 32.3 Å². The van der Waals surface area contributed by atoms with Crippen molar-refractivity contribution in [2.45, 2.75) is 32.6 Å². The maximum Gasteiger partial charge on any atom is 0.258 e. The summed E-state index contributed by atoms with van der Waals surface area (Å²) >= 11 is 3.58. The smallest absolute Gasteiger partial charge is 0.258 e. The van der Waals surface area contributed by atoms with Crippen molar-refractivity contribution >= 4 is 52.5 Å². The molecule has 1 heterocycles. The molecule has 0 fully saturated rings. The Balaban J connectivity index is 1.52. The van der Waals surface area contributed by atoms with Crippen molar-refractivity contribution in [2.75, 3.05) is 33.3 Å². The molecule has 2 aromatic rings. The highest BCUT2D eigenvalue weighted by Gasteiger charge is 2.17. The number of likely N-dealkylation sites (N-methyl/N-ethyl adjacent to an activating group) is 1. The first kappa shape index (κ1) is 30.2. The zero-order valence-electron chi connectivity index (χ0n) is 21.9. The predicted octanol–water partition coefficient (Wildman–Crippen LogP) is 5.76. The molecule has 3 N–H and O–H groups in total. The molecule has 0 atom stereocenters. The molecule has 0 aliphatic carbocycles. The van der Waals surface area contributed by atoms with E-state index in [9.17, 15) is 9.18 Å². The van der Waals surface area contributed by atoms with Crippen LogP contribution in [0, 0.1) is 5.82 Å². The molecular weight excluding hydrogens is 662 g/mol. The number of guanidine groups is 1. The molecule has 1 aliphatic heterocycles. The molecule has 9 heteroatoms. The zero-order chi connectivity index (χ0) is 27.3. The second-order valence-corrected chi connectivity index (χ2v) is 11.9. The number of ether oxygens (including phenoxy) is 1. The second kappa shape index (κ2) is 15.9. The molecule has 0 spiro atoms. The molecule has 38 heavy (non-hydrogen) atoms. The van der Waals surface area contributed by atoms with E-state index in [1.807, 2.05) is 18.2 Å². The molecule has 0 unspecified atom stereocenters. The van der Waals surface area contributed by atoms with Gasteiger partial charge in [-0.2, -0.15) is 0 Å². The average molecular weight is 697 g/mol. The van der Waals surface area contributed by atoms with E-state index in [1.54, 1.807) is 13.2 Å². The summed E-state index contributed by atoms with van der Waals surface area (Å²) in [6.45, 7) is 5.62. The van der Waals surface area contributed by atoms with Gasteiger partial charge in [0.05, 0.1) is 7.11 Å². The van der Waals surface area contributed by atoms with Crippen LogP contribution in [0.15, 0.2) is 67.7 Å². The Morgan fingerprint density at radius 1 is 1.24 bits per heavy atom. The number of nitrogens with zero attached hydrogens (tertiary/aromatic N) is 2. The monoisotopic (exact) mass is 696 g/mol. The van der Waals surface area contributed by atoms with Crippen molar-refractivity contribution in [2.24, 2.45) is 10.7 Å². The average Bonchev–Trinajstić information content (AvgIpc) is 2.92. The molecule has 1 aliphatic rings. The number of aliphatic imine (C=N–C) groups is 1. The highest BCUT2D eigenvalue weighted by molar-refractivity contribution is 14.2. The Morgan fingerprint density at radius 3 is 2.82 bits per heavy atom. The Hall–Kier alpha value is -2.37. The summed E-state index contributed by atoms with van der Waals surface area (Å²) in [5, 5.41) is 2.62. The lowest BCUT2D eigenvalue weighted by atomic mass is 9.98. The van der Waals surface area contributed by atoms with Crippen LogP contribution in [0.5, 0.6) is 5.75 Å². The fourth-order valence-electron chi connectivity index (χ4n) is 4.14. The number of unbranched alkanes of at least 4 members (excludes halogenated alkanes) is 1. The van der Waals surface area contributed by atoms with Crippen LogP contribution in [0.4, 0.5) is 4.39 Å². The fourth-order valence-corrected chi connectivity index (χ4v) is 6.13. The van der Waals surface area contributed by atoms with E-state index in [0.717, 1.165) is 48.3 Å². The van der Waals surface area contributed by atoms with Crippen LogP contribution in [0.25, 0.3) is 0 Å². The summed E-state index contributed by atoms with van der Waals surface area (Å²) in [7, 11) is 1.60. The molecule has 0 aromatic heterocycles. The first-order chi connectivity index (χ1) is 18.4. The van der Waals surface area contributed by atoms with Gasteiger partial charge in [0.2, 0.25) is 0 Å². The van der Waals surface area contributed by atoms with Crippen molar-refractivity contribution in [3.05, 3.63) is 85.2 Å². The first-order valence-corrected chi connectivity index (χ1v) is 15.9. The number of aryl methyl sites for hydroxylation is 1. The lowest BCUT2D eigenvalue weighted by molar-refractivity contribution is 0.0975. The van der Waals surface area contributed by atoms with E-state index < -0.39 is 11.7 Å². The first-order valence-electron chi connectivity index (χ1n) is 12.7. The molecule has 0 radical (unpaired) electrons. The van der Waals surface area contributed by atoms with E-state index in [1.165, 1.54) is 17.7 Å². The van der Waals surface area contributed by atoms with Gasteiger partial charge in [-0.25, -0.2) is 4.39 Å². The predicted molar refractivity (Wildman–Crippen MR) is 167 cm³/mol. The molecule has 3 rings (SSSR count). The maximum absolute atomic E-state index is 14.7. The highest BCUT2D eigenvalue weighted by atomic mass is 127. The summed E-state index contributed by atoms with van der Waals surface area (Å²) in [6, 6.07) is 10.2. The summed E-state index contributed by atoms with van der Waals surface area (Å²) in [5.41, 5.74) is 8.85. The SMILES string of the molecule is CCN(CCCCN=C(N)NC(=O)c1cccc(F)c1CCc1cc(Br)ccc1OC)CC1=CC=IC=C1. The normalized spacial score (nSPS) is 13.3. The van der Waals surface area contributed by atoms with Gasteiger partial charge >= 0.3 is 0 Å². The minimum absolute atomic E-state index is 0.0440. The van der Waals surface area contributed by atoms with Gasteiger partial charge in [0.15, 0.2) is 5.96 Å². The molecule has 0 saturated carbocycles. The molecule has 6 nitrogen and oxygen atoms in total. The van der Waals surface area contributed by atoms with Crippen LogP contribution in [-0.2, 0) is 12.8 Å². The quantitative estimate of drug-likeness (QED) is 0.121. The minimum atomic E-state index is -0.466. The standard InChI is InChI=1S/C29H35BrFIN4O2/c1-3-36(20-21-13-15-32-16-14-21)18-5-4-17-34-29(33)35-28(37)25-7-6-8-26(31)24(25)11-9-22-19-23(30)10-12-27(22)38-2/h6-8,10,12-16,19H,3-5,9,11,17-18,20H2,1-2H3,(H3,33,34,35,37). The van der Waals surface area contributed by atoms with Crippen LogP contribution >= 0.6 is 36.7 Å². The van der Waals surface area contributed by atoms with Crippen LogP contribution in [-0.4, -0.2) is 54.1 Å². The lowest BCUT2D eigenvalue weighted by Crippen LogP contribution is -2.37. The summed E-state index contributed by atoms with van der Waals surface area (Å²) in [5.74, 6) is -0.132. The molecule has 0 bridgehead atoms. The van der Waals surface area contributed by atoms with Gasteiger partial charge in [-0.3, -0.25) is 20.0 Å². The third-order valence-corrected chi connectivity index (χ3v) is 8.25. The number of methoxy groups -OCH3 is 1. The van der Waals surface area contributed by atoms with Crippen LogP contribution in [0.1, 0.15) is 41.3 Å². The van der Waals surface area contributed by atoms with Crippen LogP contribution < -0.4 is 15.8 Å². The molecule has 0 saturated heterocycles. The number of hydrogen-bond acceptors (Lipinski definition) is 4. The summed E-state index contributed by atoms with van der Waals surface area (Å²) < 4.78 is 25.7. The Bertz CT molecular complexity index is 1230. The van der Waals surface area contributed by atoms with E-state index in [0.29, 0.717) is 24.9 Å². The number of nitrogens with two attached hydrogens (primary N) is 1. The number of rotatable bonds is 13. The van der Waals surface area contributed by atoms with Crippen molar-refractivity contribution < 1.29 is 13.9 Å². The second-order valence-electron chi connectivity index (χ2n) is 8.81. The topological polar surface area (TPSA) is 80.0 Å². The Morgan fingerprint density at radius 2 is 2.08 bits per heavy atom. The van der Waals surface area contributed by atoms with E-state index in [4.69, 9.17) is 10.5 Å². The Labute approximate surface area is 243 Å². The van der Waals surface area contributed by atoms with Gasteiger partial charge in [0, 0.05) is 28.7 Å². The van der Waals surface area contributed by atoms with Crippen molar-refractivity contribution in [1.29, 1.82) is 0 Å². The van der Waals surface area contributed by atoms with Gasteiger partial charge in [0.25, 0.3) is 5.91 Å². The number of carbonyl (C=O) groups excluding carboxylic acids is 1. The van der Waals surface area contributed by atoms with Crippen LogP contribution in [0.3, 0.4) is 0 Å². The zero-order valence-corrected chi connectivity index (χ0v) is 25.6. The number of carbonyl (C=O) groups is 1. The number of nitrogens with one attached hydrogen (secondary N) is 1. The summed E-state index contributed by atoms with van der Waals surface area (Å²) in [4.78, 5) is 19.7. The molecule has 1 amide bonds. The maximum atomic E-state index is 14.7. The number of halogens is 3. The number of hydrogen-bond donors (Lipinski definition) is 2. The minimum Gasteiger partial charge on any atom is -0.496 e. The van der Waals surface area contributed by atoms with Gasteiger partial charge in [-0.1, -0.05) is 61.8 Å². The van der Waals surface area contributed by atoms with E-state index in [2.05, 4.69) is 58.3 Å². The largest absolute Gasteiger partial charge is 0.496 e. The number of amides is 1. The lowest BCUT2D eigenvalue weighted by Gasteiger charge is -2.21. The van der Waals surface area contributed by atoms with Crippen molar-refractivity contribution in [3.8, 4) is 5.75 Å².